The van der Waals surface area contributed by atoms with E-state index in [0.29, 0.717) is 5.69 Å². The molecule has 2 rings (SSSR count). The first-order valence-corrected chi connectivity index (χ1v) is 9.83. The minimum atomic E-state index is -3.80. The average molecular weight is 376 g/mol. The van der Waals surface area contributed by atoms with Gasteiger partial charge in [0, 0.05) is 19.0 Å². The second-order valence-corrected chi connectivity index (χ2v) is 7.99. The van der Waals surface area contributed by atoms with Gasteiger partial charge in [-0.3, -0.25) is 9.10 Å². The summed E-state index contributed by atoms with van der Waals surface area (Å²) in [5.41, 5.74) is 1.46. The Labute approximate surface area is 154 Å². The highest BCUT2D eigenvalue weighted by Gasteiger charge is 2.25. The molecule has 0 heterocycles. The van der Waals surface area contributed by atoms with Crippen LogP contribution in [0.3, 0.4) is 0 Å². The standard InChI is InChI=1S/C19H24N2O4S/c1-15-8-10-18(11-9-15)26(24,25)21(17-6-4-3-5-7-17)13-12-19(23)20-16(2)14-22/h3-11,16,22H,12-14H2,1-2H3,(H,20,23)/t16-/m0/s1. The molecule has 0 bridgehead atoms. The highest BCUT2D eigenvalue weighted by molar-refractivity contribution is 7.92. The number of rotatable bonds is 8. The Balaban J connectivity index is 2.27. The van der Waals surface area contributed by atoms with E-state index >= 15 is 0 Å². The maximum absolute atomic E-state index is 13.1. The van der Waals surface area contributed by atoms with Crippen LogP contribution >= 0.6 is 0 Å². The van der Waals surface area contributed by atoms with E-state index in [-0.39, 0.29) is 36.4 Å². The van der Waals surface area contributed by atoms with Crippen LogP contribution in [0.1, 0.15) is 18.9 Å². The van der Waals surface area contributed by atoms with Crippen molar-refractivity contribution in [1.82, 2.24) is 5.32 Å². The molecule has 2 aromatic carbocycles. The number of nitrogens with one attached hydrogen (secondary N) is 1. The topological polar surface area (TPSA) is 86.7 Å². The Bertz CT molecular complexity index is 820. The molecule has 0 aliphatic carbocycles. The molecule has 6 nitrogen and oxygen atoms in total. The molecule has 0 spiro atoms. The lowest BCUT2D eigenvalue weighted by molar-refractivity contribution is -0.121. The molecule has 0 radical (unpaired) electrons. The predicted octanol–water partition coefficient (Wildman–Crippen LogP) is 2.08. The van der Waals surface area contributed by atoms with Crippen LogP contribution in [-0.4, -0.2) is 38.6 Å². The number of benzene rings is 2. The summed E-state index contributed by atoms with van der Waals surface area (Å²) in [4.78, 5) is 12.2. The molecule has 0 unspecified atom stereocenters. The number of hydrogen-bond donors (Lipinski definition) is 2. The Kier molecular flexibility index (Phi) is 6.76. The highest BCUT2D eigenvalue weighted by Crippen LogP contribution is 2.24. The summed E-state index contributed by atoms with van der Waals surface area (Å²) >= 11 is 0. The Morgan fingerprint density at radius 1 is 1.12 bits per heavy atom. The lowest BCUT2D eigenvalue weighted by atomic mass is 10.2. The van der Waals surface area contributed by atoms with Gasteiger partial charge in [-0.15, -0.1) is 0 Å². The molecule has 0 saturated carbocycles. The number of carbonyl (C=O) groups excluding carboxylic acids is 1. The van der Waals surface area contributed by atoms with E-state index < -0.39 is 10.0 Å². The predicted molar refractivity (Wildman–Crippen MR) is 101 cm³/mol. The summed E-state index contributed by atoms with van der Waals surface area (Å²) in [6.45, 7) is 3.40. The second kappa shape index (κ2) is 8.82. The van der Waals surface area contributed by atoms with Crippen molar-refractivity contribution in [3.8, 4) is 0 Å². The van der Waals surface area contributed by atoms with Crippen molar-refractivity contribution < 1.29 is 18.3 Å². The van der Waals surface area contributed by atoms with Gasteiger partial charge >= 0.3 is 0 Å². The highest BCUT2D eigenvalue weighted by atomic mass is 32.2. The third-order valence-corrected chi connectivity index (χ3v) is 5.72. The summed E-state index contributed by atoms with van der Waals surface area (Å²) in [5.74, 6) is -0.313. The number of nitrogens with zero attached hydrogens (tertiary/aromatic N) is 1. The van der Waals surface area contributed by atoms with E-state index in [2.05, 4.69) is 5.32 Å². The summed E-state index contributed by atoms with van der Waals surface area (Å²) < 4.78 is 27.4. The van der Waals surface area contributed by atoms with Crippen LogP contribution in [0.25, 0.3) is 0 Å². The van der Waals surface area contributed by atoms with Crippen molar-refractivity contribution >= 4 is 21.6 Å². The molecule has 0 fully saturated rings. The van der Waals surface area contributed by atoms with Crippen LogP contribution in [0.5, 0.6) is 0 Å². The summed E-state index contributed by atoms with van der Waals surface area (Å²) in [6.07, 6.45) is -0.00960. The van der Waals surface area contributed by atoms with Gasteiger partial charge in [-0.1, -0.05) is 35.9 Å². The van der Waals surface area contributed by atoms with Crippen LogP contribution in [0, 0.1) is 6.92 Å². The molecular formula is C19H24N2O4S. The number of aliphatic hydroxyl groups excluding tert-OH is 1. The van der Waals surface area contributed by atoms with Crippen molar-refractivity contribution in [2.75, 3.05) is 17.5 Å². The van der Waals surface area contributed by atoms with Gasteiger partial charge < -0.3 is 10.4 Å². The summed E-state index contributed by atoms with van der Waals surface area (Å²) in [5, 5.41) is 11.6. The Hall–Kier alpha value is -2.38. The van der Waals surface area contributed by atoms with Gasteiger partial charge in [0.2, 0.25) is 5.91 Å². The molecule has 2 aromatic rings. The monoisotopic (exact) mass is 376 g/mol. The van der Waals surface area contributed by atoms with Crippen molar-refractivity contribution in [3.63, 3.8) is 0 Å². The molecule has 0 aliphatic rings. The molecule has 0 aromatic heterocycles. The first-order chi connectivity index (χ1) is 12.3. The SMILES string of the molecule is Cc1ccc(S(=O)(=O)N(CCC(=O)N[C@@H](C)CO)c2ccccc2)cc1. The Morgan fingerprint density at radius 3 is 2.31 bits per heavy atom. The van der Waals surface area contributed by atoms with Crippen molar-refractivity contribution in [3.05, 3.63) is 60.2 Å². The lowest BCUT2D eigenvalue weighted by Crippen LogP contribution is -2.39. The average Bonchev–Trinajstić information content (AvgIpc) is 2.62. The van der Waals surface area contributed by atoms with Gasteiger partial charge in [0.05, 0.1) is 17.2 Å². The molecule has 140 valence electrons. The van der Waals surface area contributed by atoms with E-state index in [1.54, 1.807) is 61.5 Å². The molecule has 7 heteroatoms. The van der Waals surface area contributed by atoms with Gasteiger partial charge in [-0.25, -0.2) is 8.42 Å². The maximum atomic E-state index is 13.1. The third-order valence-electron chi connectivity index (χ3n) is 3.88. The first kappa shape index (κ1) is 19.9. The summed E-state index contributed by atoms with van der Waals surface area (Å²) in [7, 11) is -3.80. The molecule has 26 heavy (non-hydrogen) atoms. The van der Waals surface area contributed by atoms with E-state index in [0.717, 1.165) is 5.56 Å². The van der Waals surface area contributed by atoms with Crippen molar-refractivity contribution in [2.24, 2.45) is 0 Å². The largest absolute Gasteiger partial charge is 0.394 e. The van der Waals surface area contributed by atoms with Crippen LogP contribution in [0.2, 0.25) is 0 Å². The first-order valence-electron chi connectivity index (χ1n) is 8.39. The molecular weight excluding hydrogens is 352 g/mol. The molecule has 1 atom stereocenters. The maximum Gasteiger partial charge on any atom is 0.264 e. The van der Waals surface area contributed by atoms with Crippen LogP contribution in [0.4, 0.5) is 5.69 Å². The van der Waals surface area contributed by atoms with E-state index in [4.69, 9.17) is 5.11 Å². The van der Waals surface area contributed by atoms with Gasteiger partial charge in [-0.05, 0) is 38.1 Å². The smallest absolute Gasteiger partial charge is 0.264 e. The second-order valence-electron chi connectivity index (χ2n) is 6.13. The number of carbonyl (C=O) groups is 1. The fraction of sp³-hybridized carbons (Fsp3) is 0.316. The van der Waals surface area contributed by atoms with Crippen molar-refractivity contribution in [1.29, 1.82) is 0 Å². The van der Waals surface area contributed by atoms with Gasteiger partial charge in [-0.2, -0.15) is 0 Å². The van der Waals surface area contributed by atoms with E-state index in [1.165, 1.54) is 4.31 Å². The number of hydrogen-bond acceptors (Lipinski definition) is 4. The Morgan fingerprint density at radius 2 is 1.73 bits per heavy atom. The molecule has 2 N–H and O–H groups in total. The minimum absolute atomic E-state index is 0.00417. The number of aliphatic hydroxyl groups is 1. The van der Waals surface area contributed by atoms with Crippen molar-refractivity contribution in [2.45, 2.75) is 31.2 Å². The zero-order valence-electron chi connectivity index (χ0n) is 14.9. The van der Waals surface area contributed by atoms with Gasteiger partial charge in [0.15, 0.2) is 0 Å². The number of aryl methyl sites for hydroxylation is 1. The molecule has 0 saturated heterocycles. The van der Waals surface area contributed by atoms with Crippen LogP contribution < -0.4 is 9.62 Å². The number of sulfonamides is 1. The quantitative estimate of drug-likeness (QED) is 0.738. The normalized spacial score (nSPS) is 12.4. The number of amides is 1. The number of para-hydroxylation sites is 1. The van der Waals surface area contributed by atoms with Crippen LogP contribution in [0.15, 0.2) is 59.5 Å². The fourth-order valence-electron chi connectivity index (χ4n) is 2.42. The van der Waals surface area contributed by atoms with Gasteiger partial charge in [0.1, 0.15) is 0 Å². The molecule has 1 amide bonds. The zero-order valence-corrected chi connectivity index (χ0v) is 15.7. The number of anilines is 1. The van der Waals surface area contributed by atoms with E-state index in [1.807, 2.05) is 6.92 Å². The fourth-order valence-corrected chi connectivity index (χ4v) is 3.88. The third kappa shape index (κ3) is 5.06. The van der Waals surface area contributed by atoms with E-state index in [9.17, 15) is 13.2 Å². The van der Waals surface area contributed by atoms with Crippen LogP contribution in [-0.2, 0) is 14.8 Å². The van der Waals surface area contributed by atoms with Gasteiger partial charge in [0.25, 0.3) is 10.0 Å². The zero-order chi connectivity index (χ0) is 19.2. The summed E-state index contributed by atoms with van der Waals surface area (Å²) in [6, 6.07) is 14.9. The minimum Gasteiger partial charge on any atom is -0.394 e. The molecule has 0 aliphatic heterocycles. The lowest BCUT2D eigenvalue weighted by Gasteiger charge is -2.24.